The first-order chi connectivity index (χ1) is 32.7. The number of nitrogens with two attached hydrogens (primary N) is 1. The number of pyridine rings is 2. The van der Waals surface area contributed by atoms with E-state index in [1.165, 1.54) is 41.7 Å². The van der Waals surface area contributed by atoms with E-state index < -0.39 is 30.1 Å². The standard InChI is InChI=1S/C26H32N4O4.C15H19N3O2.C11H15NO3.CH4/c1-16(2)13-22(30-12-7-6-11-23(30)31)26(33)27-21(15-24(32)34-5)19-9-8-10-20(14-19)25-17(3)28-29-18(25)4;1-9-15(10(2)18-17-9)12-6-4-5-11(7-12)13(16)8-14(19)20-3;1-8(2)7-9(11(14)15)12-6-4-3-5-10(12)13;/h6-12,14,16,21-22H,13,15H2,1-5H3,(H,27,33)(H,28,29);4-7,13H,8,16H2,1-3H3,(H,17,18);3-6,8-9H,7H2,1-2H3,(H,14,15);1H4/t21-,22?;13-;;/m00../s1. The number of aromatic nitrogens is 6. The number of methoxy groups -OCH3 is 2. The molecular formula is C53H70N8O9. The molecule has 6 rings (SSSR count). The summed E-state index contributed by atoms with van der Waals surface area (Å²) in [5.41, 5.74) is 15.0. The number of aliphatic carboxylic acids is 1. The van der Waals surface area contributed by atoms with Crippen molar-refractivity contribution in [1.29, 1.82) is 0 Å². The zero-order valence-electron chi connectivity index (χ0n) is 41.1. The summed E-state index contributed by atoms with van der Waals surface area (Å²) in [6.45, 7) is 15.7. The van der Waals surface area contributed by atoms with Crippen LogP contribution in [0.2, 0.25) is 0 Å². The second-order valence-electron chi connectivity index (χ2n) is 17.6. The molecule has 17 nitrogen and oxygen atoms in total. The quantitative estimate of drug-likeness (QED) is 0.0542. The van der Waals surface area contributed by atoms with Crippen molar-refractivity contribution in [1.82, 2.24) is 34.8 Å². The Hall–Kier alpha value is -7.40. The number of hydrogen-bond acceptors (Lipinski definition) is 11. The van der Waals surface area contributed by atoms with Gasteiger partial charge in [-0.25, -0.2) is 4.79 Å². The van der Waals surface area contributed by atoms with Crippen LogP contribution in [-0.4, -0.2) is 72.7 Å². The van der Waals surface area contributed by atoms with E-state index in [0.717, 1.165) is 56.2 Å². The van der Waals surface area contributed by atoms with Crippen LogP contribution in [0.4, 0.5) is 0 Å². The summed E-state index contributed by atoms with van der Waals surface area (Å²) >= 11 is 0. The van der Waals surface area contributed by atoms with Crippen LogP contribution in [0.25, 0.3) is 22.3 Å². The lowest BCUT2D eigenvalue weighted by molar-refractivity contribution is -0.142. The van der Waals surface area contributed by atoms with E-state index in [1.54, 1.807) is 30.5 Å². The van der Waals surface area contributed by atoms with Crippen LogP contribution in [0.1, 0.15) is 119 Å². The first-order valence-corrected chi connectivity index (χ1v) is 22.8. The number of rotatable bonds is 17. The smallest absolute Gasteiger partial charge is 0.326 e. The van der Waals surface area contributed by atoms with Gasteiger partial charge in [0.25, 0.3) is 11.1 Å². The highest BCUT2D eigenvalue weighted by molar-refractivity contribution is 5.82. The van der Waals surface area contributed by atoms with Crippen molar-refractivity contribution in [3.8, 4) is 22.3 Å². The van der Waals surface area contributed by atoms with Gasteiger partial charge in [-0.15, -0.1) is 0 Å². The topological polar surface area (TPSA) is 246 Å². The number of hydrogen-bond donors (Lipinski definition) is 5. The van der Waals surface area contributed by atoms with Crippen molar-refractivity contribution >= 4 is 23.8 Å². The average Bonchev–Trinajstić information content (AvgIpc) is 3.84. The third-order valence-electron chi connectivity index (χ3n) is 11.3. The minimum absolute atomic E-state index is 0. The molecule has 17 heteroatoms. The first-order valence-electron chi connectivity index (χ1n) is 22.8. The molecule has 70 heavy (non-hydrogen) atoms. The normalized spacial score (nSPS) is 12.5. The van der Waals surface area contributed by atoms with Crippen molar-refractivity contribution in [2.45, 2.75) is 113 Å². The number of carboxylic acids is 1. The lowest BCUT2D eigenvalue weighted by atomic mass is 9.96. The lowest BCUT2D eigenvalue weighted by Gasteiger charge is -2.25. The summed E-state index contributed by atoms with van der Waals surface area (Å²) in [5, 5.41) is 26.5. The van der Waals surface area contributed by atoms with Gasteiger partial charge in [0.2, 0.25) is 5.91 Å². The van der Waals surface area contributed by atoms with E-state index in [2.05, 4.69) is 30.4 Å². The van der Waals surface area contributed by atoms with Crippen molar-refractivity contribution in [2.24, 2.45) is 17.6 Å². The monoisotopic (exact) mass is 963 g/mol. The highest BCUT2D eigenvalue weighted by Gasteiger charge is 2.28. The number of benzene rings is 2. The predicted octanol–water partition coefficient (Wildman–Crippen LogP) is 8.28. The van der Waals surface area contributed by atoms with Gasteiger partial charge in [0.15, 0.2) is 0 Å². The minimum atomic E-state index is -0.961. The Balaban J connectivity index is 0.000000305. The Morgan fingerprint density at radius 2 is 1.10 bits per heavy atom. The van der Waals surface area contributed by atoms with Gasteiger partial charge in [0.05, 0.1) is 44.5 Å². The Morgan fingerprint density at radius 3 is 1.53 bits per heavy atom. The molecule has 2 unspecified atom stereocenters. The maximum Gasteiger partial charge on any atom is 0.326 e. The van der Waals surface area contributed by atoms with Gasteiger partial charge >= 0.3 is 17.9 Å². The number of carbonyl (C=O) groups excluding carboxylic acids is 3. The molecule has 0 spiro atoms. The lowest BCUT2D eigenvalue weighted by Crippen LogP contribution is -2.40. The van der Waals surface area contributed by atoms with E-state index in [4.69, 9.17) is 15.6 Å². The number of carboxylic acid groups (broad SMARTS) is 1. The predicted molar refractivity (Wildman–Crippen MR) is 271 cm³/mol. The largest absolute Gasteiger partial charge is 0.480 e. The molecule has 0 fully saturated rings. The van der Waals surface area contributed by atoms with Crippen LogP contribution in [0.3, 0.4) is 0 Å². The first kappa shape index (κ1) is 56.9. The molecule has 4 aromatic heterocycles. The molecule has 0 aliphatic carbocycles. The van der Waals surface area contributed by atoms with Crippen LogP contribution in [0, 0.1) is 39.5 Å². The minimum Gasteiger partial charge on any atom is -0.480 e. The van der Waals surface area contributed by atoms with E-state index in [0.29, 0.717) is 12.8 Å². The second kappa shape index (κ2) is 27.0. The van der Waals surface area contributed by atoms with Crippen LogP contribution in [0.5, 0.6) is 0 Å². The number of ether oxygens (including phenoxy) is 2. The number of amides is 1. The van der Waals surface area contributed by atoms with Gasteiger partial charge in [-0.05, 0) is 98.9 Å². The van der Waals surface area contributed by atoms with E-state index in [9.17, 15) is 28.8 Å². The molecule has 0 aliphatic rings. The van der Waals surface area contributed by atoms with Crippen LogP contribution >= 0.6 is 0 Å². The SMILES string of the molecule is C.CC(C)CC(C(=O)O)n1ccccc1=O.COC(=O)C[C@H](N)c1cccc(-c2c(C)n[nH]c2C)c1.COC(=O)C[C@H](NC(=O)C(CC(C)C)n1ccccc1=O)c1cccc(-c2c(C)n[nH]c2C)c1. The molecule has 4 atom stereocenters. The summed E-state index contributed by atoms with van der Waals surface area (Å²) in [6, 6.07) is 22.5. The van der Waals surface area contributed by atoms with Gasteiger partial charge < -0.3 is 34.8 Å². The van der Waals surface area contributed by atoms with Gasteiger partial charge in [-0.1, -0.05) is 83.7 Å². The zero-order chi connectivity index (χ0) is 50.9. The molecular weight excluding hydrogens is 893 g/mol. The number of nitrogens with zero attached hydrogens (tertiary/aromatic N) is 4. The highest BCUT2D eigenvalue weighted by atomic mass is 16.5. The Labute approximate surface area is 409 Å². The Morgan fingerprint density at radius 1 is 0.657 bits per heavy atom. The molecule has 1 amide bonds. The van der Waals surface area contributed by atoms with Crippen LogP contribution in [0.15, 0.2) is 107 Å². The number of H-pyrrole nitrogens is 2. The molecule has 0 bridgehead atoms. The fraction of sp³-hybridized carbons (Fsp3) is 0.396. The summed E-state index contributed by atoms with van der Waals surface area (Å²) < 4.78 is 12.3. The zero-order valence-corrected chi connectivity index (χ0v) is 41.1. The summed E-state index contributed by atoms with van der Waals surface area (Å²) in [5.74, 6) is -1.62. The van der Waals surface area contributed by atoms with Gasteiger partial charge in [0, 0.05) is 53.1 Å². The van der Waals surface area contributed by atoms with E-state index in [1.807, 2.05) is 104 Å². The molecule has 0 saturated carbocycles. The molecule has 4 heterocycles. The van der Waals surface area contributed by atoms with Crippen molar-refractivity contribution in [2.75, 3.05) is 14.2 Å². The summed E-state index contributed by atoms with van der Waals surface area (Å²) in [4.78, 5) is 71.9. The fourth-order valence-electron chi connectivity index (χ4n) is 7.91. The molecule has 0 radical (unpaired) electrons. The molecule has 2 aromatic carbocycles. The van der Waals surface area contributed by atoms with Crippen LogP contribution in [-0.2, 0) is 28.7 Å². The fourth-order valence-corrected chi connectivity index (χ4v) is 7.91. The number of nitrogens with one attached hydrogen (secondary N) is 3. The van der Waals surface area contributed by atoms with E-state index in [-0.39, 0.29) is 61.1 Å². The highest BCUT2D eigenvalue weighted by Crippen LogP contribution is 2.30. The van der Waals surface area contributed by atoms with Crippen molar-refractivity contribution < 1.29 is 33.8 Å². The molecule has 0 saturated heterocycles. The summed E-state index contributed by atoms with van der Waals surface area (Å²) in [6.07, 6.45) is 4.21. The third kappa shape index (κ3) is 15.8. The number of aryl methyl sites for hydroxylation is 4. The van der Waals surface area contributed by atoms with Gasteiger partial charge in [-0.3, -0.25) is 34.2 Å². The summed E-state index contributed by atoms with van der Waals surface area (Å²) in [7, 11) is 2.69. The number of aromatic amines is 2. The average molecular weight is 963 g/mol. The van der Waals surface area contributed by atoms with Gasteiger partial charge in [-0.2, -0.15) is 10.2 Å². The number of esters is 2. The van der Waals surface area contributed by atoms with Crippen molar-refractivity contribution in [3.05, 3.63) is 152 Å². The number of carbonyl (C=O) groups is 4. The second-order valence-corrected chi connectivity index (χ2v) is 17.6. The third-order valence-corrected chi connectivity index (χ3v) is 11.3. The van der Waals surface area contributed by atoms with Crippen LogP contribution < -0.4 is 22.2 Å². The Kier molecular flexibility index (Phi) is 21.9. The molecule has 376 valence electrons. The van der Waals surface area contributed by atoms with Gasteiger partial charge in [0.1, 0.15) is 12.1 Å². The maximum absolute atomic E-state index is 13.5. The van der Waals surface area contributed by atoms with E-state index >= 15 is 0 Å². The Bertz CT molecular complexity index is 2750. The van der Waals surface area contributed by atoms with Crippen molar-refractivity contribution in [3.63, 3.8) is 0 Å². The molecule has 6 aromatic rings. The molecule has 0 aliphatic heterocycles. The molecule has 6 N–H and O–H groups in total. The maximum atomic E-state index is 13.5.